The van der Waals surface area contributed by atoms with Gasteiger partial charge < -0.3 is 15.6 Å². The van der Waals surface area contributed by atoms with E-state index in [2.05, 4.69) is 15.9 Å². The van der Waals surface area contributed by atoms with Crippen LogP contribution >= 0.6 is 15.9 Å². The normalized spacial score (nSPS) is 12.2. The standard InChI is InChI=1S/C10H11BrFNO3/c1-16-8-3-5(12)2-6(9(8)11)7(4-13)10(14)15/h2-3,7H,4,13H2,1H3,(H,14,15). The van der Waals surface area contributed by atoms with E-state index in [1.54, 1.807) is 0 Å². The summed E-state index contributed by atoms with van der Waals surface area (Å²) in [6.45, 7) is -0.111. The first-order chi connectivity index (χ1) is 7.51. The van der Waals surface area contributed by atoms with Gasteiger partial charge in [-0.1, -0.05) is 0 Å². The molecular formula is C10H11BrFNO3. The average Bonchev–Trinajstić information content (AvgIpc) is 2.23. The van der Waals surface area contributed by atoms with Crippen LogP contribution in [0.15, 0.2) is 16.6 Å². The zero-order chi connectivity index (χ0) is 12.3. The van der Waals surface area contributed by atoms with E-state index < -0.39 is 17.7 Å². The summed E-state index contributed by atoms with van der Waals surface area (Å²) in [6.07, 6.45) is 0. The minimum atomic E-state index is -1.10. The van der Waals surface area contributed by atoms with E-state index >= 15 is 0 Å². The highest BCUT2D eigenvalue weighted by Gasteiger charge is 2.23. The molecular weight excluding hydrogens is 281 g/mol. The minimum absolute atomic E-state index is 0.111. The molecule has 1 atom stereocenters. The predicted octanol–water partition coefficient (Wildman–Crippen LogP) is 1.72. The molecule has 88 valence electrons. The van der Waals surface area contributed by atoms with Crippen molar-refractivity contribution in [3.8, 4) is 5.75 Å². The molecule has 6 heteroatoms. The molecule has 0 saturated carbocycles. The van der Waals surface area contributed by atoms with Crippen LogP contribution in [0.2, 0.25) is 0 Å². The maximum absolute atomic E-state index is 13.2. The van der Waals surface area contributed by atoms with Crippen LogP contribution in [0.25, 0.3) is 0 Å². The van der Waals surface area contributed by atoms with Gasteiger partial charge in [-0.05, 0) is 27.6 Å². The molecule has 0 heterocycles. The zero-order valence-electron chi connectivity index (χ0n) is 8.54. The fourth-order valence-electron chi connectivity index (χ4n) is 1.35. The van der Waals surface area contributed by atoms with Crippen LogP contribution in [-0.4, -0.2) is 24.7 Å². The lowest BCUT2D eigenvalue weighted by molar-refractivity contribution is -0.138. The molecule has 0 aliphatic rings. The Kier molecular flexibility index (Phi) is 4.26. The Labute approximate surface area is 100 Å². The number of benzene rings is 1. The maximum Gasteiger partial charge on any atom is 0.312 e. The van der Waals surface area contributed by atoms with Crippen molar-refractivity contribution in [3.05, 3.63) is 28.0 Å². The van der Waals surface area contributed by atoms with Gasteiger partial charge in [0, 0.05) is 12.6 Å². The Balaban J connectivity index is 3.31. The Morgan fingerprint density at radius 1 is 1.69 bits per heavy atom. The summed E-state index contributed by atoms with van der Waals surface area (Å²) in [6, 6.07) is 2.31. The van der Waals surface area contributed by atoms with Crippen LogP contribution in [0, 0.1) is 5.82 Å². The third kappa shape index (κ3) is 2.51. The van der Waals surface area contributed by atoms with E-state index in [1.807, 2.05) is 0 Å². The lowest BCUT2D eigenvalue weighted by Crippen LogP contribution is -2.21. The second kappa shape index (κ2) is 5.27. The van der Waals surface area contributed by atoms with E-state index in [0.29, 0.717) is 4.47 Å². The summed E-state index contributed by atoms with van der Waals surface area (Å²) in [7, 11) is 1.38. The molecule has 0 fully saturated rings. The molecule has 3 N–H and O–H groups in total. The molecule has 0 radical (unpaired) electrons. The SMILES string of the molecule is COc1cc(F)cc(C(CN)C(=O)O)c1Br. The van der Waals surface area contributed by atoms with E-state index in [0.717, 1.165) is 6.07 Å². The second-order valence-electron chi connectivity index (χ2n) is 3.14. The van der Waals surface area contributed by atoms with Crippen LogP contribution in [0.1, 0.15) is 11.5 Å². The summed E-state index contributed by atoms with van der Waals surface area (Å²) in [5, 5.41) is 8.94. The lowest BCUT2D eigenvalue weighted by Gasteiger charge is -2.14. The summed E-state index contributed by atoms with van der Waals surface area (Å²) in [5.41, 5.74) is 5.62. The molecule has 0 bridgehead atoms. The molecule has 0 aromatic heterocycles. The zero-order valence-corrected chi connectivity index (χ0v) is 10.1. The molecule has 16 heavy (non-hydrogen) atoms. The van der Waals surface area contributed by atoms with E-state index in [4.69, 9.17) is 15.6 Å². The highest BCUT2D eigenvalue weighted by molar-refractivity contribution is 9.10. The molecule has 1 aromatic rings. The van der Waals surface area contributed by atoms with Gasteiger partial charge in [-0.2, -0.15) is 0 Å². The van der Waals surface area contributed by atoms with Crippen molar-refractivity contribution in [2.75, 3.05) is 13.7 Å². The average molecular weight is 292 g/mol. The van der Waals surface area contributed by atoms with Crippen LogP contribution in [0.4, 0.5) is 4.39 Å². The number of carboxylic acid groups (broad SMARTS) is 1. The van der Waals surface area contributed by atoms with Crippen molar-refractivity contribution in [3.63, 3.8) is 0 Å². The number of ether oxygens (including phenoxy) is 1. The van der Waals surface area contributed by atoms with Gasteiger partial charge in [0.05, 0.1) is 17.5 Å². The van der Waals surface area contributed by atoms with E-state index in [1.165, 1.54) is 13.2 Å². The number of hydrogen-bond donors (Lipinski definition) is 2. The Bertz CT molecular complexity index is 411. The molecule has 0 aliphatic carbocycles. The first-order valence-corrected chi connectivity index (χ1v) is 5.26. The van der Waals surface area contributed by atoms with Crippen molar-refractivity contribution in [2.24, 2.45) is 5.73 Å². The first kappa shape index (κ1) is 12.9. The van der Waals surface area contributed by atoms with Crippen LogP contribution in [0.5, 0.6) is 5.75 Å². The van der Waals surface area contributed by atoms with Gasteiger partial charge in [-0.15, -0.1) is 0 Å². The molecule has 1 unspecified atom stereocenters. The number of carboxylic acids is 1. The number of halogens is 2. The highest BCUT2D eigenvalue weighted by atomic mass is 79.9. The van der Waals surface area contributed by atoms with Crippen LogP contribution in [-0.2, 0) is 4.79 Å². The number of hydrogen-bond acceptors (Lipinski definition) is 3. The van der Waals surface area contributed by atoms with Gasteiger partial charge in [-0.3, -0.25) is 4.79 Å². The second-order valence-corrected chi connectivity index (χ2v) is 3.93. The predicted molar refractivity (Wildman–Crippen MR) is 60.1 cm³/mol. The van der Waals surface area contributed by atoms with Gasteiger partial charge in [0.15, 0.2) is 0 Å². The van der Waals surface area contributed by atoms with Gasteiger partial charge >= 0.3 is 5.97 Å². The maximum atomic E-state index is 13.2. The van der Waals surface area contributed by atoms with Crippen molar-refractivity contribution in [1.29, 1.82) is 0 Å². The number of nitrogens with two attached hydrogens (primary N) is 1. The van der Waals surface area contributed by atoms with Crippen molar-refractivity contribution < 1.29 is 19.0 Å². The third-order valence-corrected chi connectivity index (χ3v) is 3.01. The number of carbonyl (C=O) groups is 1. The molecule has 4 nitrogen and oxygen atoms in total. The topological polar surface area (TPSA) is 72.5 Å². The van der Waals surface area contributed by atoms with E-state index in [-0.39, 0.29) is 17.9 Å². The molecule has 1 aromatic carbocycles. The molecule has 0 aliphatic heterocycles. The molecule has 1 rings (SSSR count). The van der Waals surface area contributed by atoms with Gasteiger partial charge in [-0.25, -0.2) is 4.39 Å². The quantitative estimate of drug-likeness (QED) is 0.886. The van der Waals surface area contributed by atoms with Gasteiger partial charge in [0.25, 0.3) is 0 Å². The van der Waals surface area contributed by atoms with E-state index in [9.17, 15) is 9.18 Å². The minimum Gasteiger partial charge on any atom is -0.495 e. The van der Waals surface area contributed by atoms with Crippen molar-refractivity contribution >= 4 is 21.9 Å². The molecule has 0 spiro atoms. The number of rotatable bonds is 4. The fourth-order valence-corrected chi connectivity index (χ4v) is 2.01. The summed E-state index contributed by atoms with van der Waals surface area (Å²) in [4.78, 5) is 10.9. The molecule has 0 amide bonds. The summed E-state index contributed by atoms with van der Waals surface area (Å²) >= 11 is 3.17. The third-order valence-electron chi connectivity index (χ3n) is 2.16. The molecule has 0 saturated heterocycles. The lowest BCUT2D eigenvalue weighted by atomic mass is 9.99. The number of methoxy groups -OCH3 is 1. The van der Waals surface area contributed by atoms with Gasteiger partial charge in [0.2, 0.25) is 0 Å². The van der Waals surface area contributed by atoms with Crippen molar-refractivity contribution in [2.45, 2.75) is 5.92 Å². The fraction of sp³-hybridized carbons (Fsp3) is 0.300. The first-order valence-electron chi connectivity index (χ1n) is 4.47. The van der Waals surface area contributed by atoms with Crippen LogP contribution in [0.3, 0.4) is 0 Å². The van der Waals surface area contributed by atoms with Crippen molar-refractivity contribution in [1.82, 2.24) is 0 Å². The Morgan fingerprint density at radius 2 is 2.31 bits per heavy atom. The smallest absolute Gasteiger partial charge is 0.312 e. The monoisotopic (exact) mass is 291 g/mol. The Morgan fingerprint density at radius 3 is 2.75 bits per heavy atom. The summed E-state index contributed by atoms with van der Waals surface area (Å²) in [5.74, 6) is -2.38. The van der Waals surface area contributed by atoms with Crippen LogP contribution < -0.4 is 10.5 Å². The van der Waals surface area contributed by atoms with Gasteiger partial charge in [0.1, 0.15) is 11.6 Å². The number of aliphatic carboxylic acids is 1. The highest BCUT2D eigenvalue weighted by Crippen LogP contribution is 2.34. The summed E-state index contributed by atoms with van der Waals surface area (Å²) < 4.78 is 18.6. The Hall–Kier alpha value is -1.14. The largest absolute Gasteiger partial charge is 0.495 e.